The molecule has 0 aliphatic heterocycles. The second-order valence-corrected chi connectivity index (χ2v) is 4.65. The molecule has 0 aliphatic rings. The van der Waals surface area contributed by atoms with Gasteiger partial charge >= 0.3 is 5.97 Å². The summed E-state index contributed by atoms with van der Waals surface area (Å²) in [4.78, 5) is 21.5. The van der Waals surface area contributed by atoms with Gasteiger partial charge in [-0.2, -0.15) is 0 Å². The van der Waals surface area contributed by atoms with Crippen molar-refractivity contribution in [3.05, 3.63) is 34.9 Å². The molecule has 0 saturated heterocycles. The van der Waals surface area contributed by atoms with Crippen LogP contribution < -0.4 is 0 Å². The van der Waals surface area contributed by atoms with E-state index < -0.39 is 10.8 Å². The second kappa shape index (κ2) is 5.93. The molecule has 0 radical (unpaired) electrons. The second-order valence-electron chi connectivity index (χ2n) is 3.74. The van der Waals surface area contributed by atoms with Gasteiger partial charge in [-0.25, -0.2) is 0 Å². The van der Waals surface area contributed by atoms with Gasteiger partial charge in [0.05, 0.1) is 17.9 Å². The van der Waals surface area contributed by atoms with Crippen LogP contribution >= 0.6 is 15.9 Å². The SMILES string of the molecule is CC(=O)C(Br)c1ccc(CO)cc1CC(=O)O. The zero-order valence-corrected chi connectivity index (χ0v) is 10.9. The molecule has 1 atom stereocenters. The fraction of sp³-hybridized carbons (Fsp3) is 0.333. The molecule has 2 N–H and O–H groups in total. The summed E-state index contributed by atoms with van der Waals surface area (Å²) >= 11 is 3.23. The van der Waals surface area contributed by atoms with E-state index in [-0.39, 0.29) is 18.8 Å². The number of hydrogen-bond acceptors (Lipinski definition) is 3. The topological polar surface area (TPSA) is 74.6 Å². The molecule has 5 heteroatoms. The van der Waals surface area contributed by atoms with Gasteiger partial charge < -0.3 is 10.2 Å². The lowest BCUT2D eigenvalue weighted by Gasteiger charge is -2.13. The predicted octanol–water partition coefficient (Wildman–Crippen LogP) is 1.83. The third-order valence-electron chi connectivity index (χ3n) is 2.36. The maximum Gasteiger partial charge on any atom is 0.307 e. The summed E-state index contributed by atoms with van der Waals surface area (Å²) in [5, 5.41) is 17.8. The van der Waals surface area contributed by atoms with E-state index in [0.717, 1.165) is 0 Å². The Morgan fingerprint density at radius 2 is 2.06 bits per heavy atom. The van der Waals surface area contributed by atoms with Crippen molar-refractivity contribution in [3.8, 4) is 0 Å². The number of aliphatic hydroxyl groups excluding tert-OH is 1. The van der Waals surface area contributed by atoms with E-state index in [4.69, 9.17) is 10.2 Å². The number of carboxylic acid groups (broad SMARTS) is 1. The lowest BCUT2D eigenvalue weighted by molar-refractivity contribution is -0.136. The Morgan fingerprint density at radius 3 is 2.53 bits per heavy atom. The summed E-state index contributed by atoms with van der Waals surface area (Å²) in [7, 11) is 0. The predicted molar refractivity (Wildman–Crippen MR) is 66.1 cm³/mol. The minimum atomic E-state index is -0.968. The van der Waals surface area contributed by atoms with Crippen molar-refractivity contribution in [1.29, 1.82) is 0 Å². The number of Topliss-reactive ketones (excluding diaryl/α,β-unsaturated/α-hetero) is 1. The summed E-state index contributed by atoms with van der Waals surface area (Å²) in [5.41, 5.74) is 1.81. The Kier molecular flexibility index (Phi) is 4.84. The van der Waals surface area contributed by atoms with Crippen LogP contribution in [0.15, 0.2) is 18.2 Å². The van der Waals surface area contributed by atoms with Gasteiger partial charge in [-0.15, -0.1) is 0 Å². The van der Waals surface area contributed by atoms with Crippen LogP contribution in [0.5, 0.6) is 0 Å². The van der Waals surface area contributed by atoms with Crippen LogP contribution in [0.3, 0.4) is 0 Å². The van der Waals surface area contributed by atoms with E-state index in [1.807, 2.05) is 0 Å². The van der Waals surface area contributed by atoms with E-state index in [1.54, 1.807) is 18.2 Å². The number of aliphatic carboxylic acids is 1. The van der Waals surface area contributed by atoms with Crippen LogP contribution in [0.1, 0.15) is 28.4 Å². The molecule has 4 nitrogen and oxygen atoms in total. The first kappa shape index (κ1) is 13.9. The fourth-order valence-corrected chi connectivity index (χ4v) is 1.99. The number of alkyl halides is 1. The zero-order chi connectivity index (χ0) is 13.0. The zero-order valence-electron chi connectivity index (χ0n) is 9.31. The summed E-state index contributed by atoms with van der Waals surface area (Å²) in [6.07, 6.45) is -0.168. The standard InChI is InChI=1S/C12H13BrO4/c1-7(15)12(13)10-3-2-8(6-14)4-9(10)5-11(16)17/h2-4,12,14H,5-6H2,1H3,(H,16,17). The Balaban J connectivity index is 3.18. The third kappa shape index (κ3) is 3.64. The molecule has 0 heterocycles. The highest BCUT2D eigenvalue weighted by Gasteiger charge is 2.18. The molecular formula is C12H13BrO4. The Hall–Kier alpha value is -1.20. The molecule has 1 rings (SSSR count). The largest absolute Gasteiger partial charge is 0.481 e. The molecule has 92 valence electrons. The smallest absolute Gasteiger partial charge is 0.307 e. The van der Waals surface area contributed by atoms with E-state index in [1.165, 1.54) is 6.92 Å². The van der Waals surface area contributed by atoms with Gasteiger partial charge in [-0.1, -0.05) is 34.1 Å². The number of carbonyl (C=O) groups excluding carboxylic acids is 1. The van der Waals surface area contributed by atoms with Crippen molar-refractivity contribution in [1.82, 2.24) is 0 Å². The molecule has 0 aliphatic carbocycles. The highest BCUT2D eigenvalue weighted by Crippen LogP contribution is 2.28. The molecule has 1 unspecified atom stereocenters. The van der Waals surface area contributed by atoms with Crippen LogP contribution in [0.2, 0.25) is 0 Å². The van der Waals surface area contributed by atoms with Crippen LogP contribution in [0, 0.1) is 0 Å². The summed E-state index contributed by atoms with van der Waals surface area (Å²) in [6, 6.07) is 4.96. The van der Waals surface area contributed by atoms with Gasteiger partial charge in [0, 0.05) is 0 Å². The molecule has 0 fully saturated rings. The fourth-order valence-electron chi connectivity index (χ4n) is 1.54. The van der Waals surface area contributed by atoms with Crippen LogP contribution in [0.4, 0.5) is 0 Å². The quantitative estimate of drug-likeness (QED) is 0.814. The van der Waals surface area contributed by atoms with Crippen molar-refractivity contribution in [2.24, 2.45) is 0 Å². The minimum Gasteiger partial charge on any atom is -0.481 e. The molecular weight excluding hydrogens is 288 g/mol. The molecule has 0 spiro atoms. The molecule has 0 aromatic heterocycles. The lowest BCUT2D eigenvalue weighted by Crippen LogP contribution is -2.09. The van der Waals surface area contributed by atoms with Gasteiger partial charge in [0.25, 0.3) is 0 Å². The number of carboxylic acids is 1. The molecule has 0 amide bonds. The van der Waals surface area contributed by atoms with Crippen LogP contribution in [-0.4, -0.2) is 22.0 Å². The van der Waals surface area contributed by atoms with Crippen molar-refractivity contribution in [2.75, 3.05) is 0 Å². The summed E-state index contributed by atoms with van der Waals surface area (Å²) < 4.78 is 0. The first-order chi connectivity index (χ1) is 7.95. The van der Waals surface area contributed by atoms with E-state index in [2.05, 4.69) is 15.9 Å². The number of aliphatic hydroxyl groups is 1. The molecule has 0 saturated carbocycles. The number of halogens is 1. The van der Waals surface area contributed by atoms with Crippen LogP contribution in [-0.2, 0) is 22.6 Å². The highest BCUT2D eigenvalue weighted by atomic mass is 79.9. The summed E-state index contributed by atoms with van der Waals surface area (Å²) in [5.74, 6) is -1.06. The van der Waals surface area contributed by atoms with Gasteiger partial charge in [-0.05, 0) is 23.6 Å². The molecule has 1 aromatic carbocycles. The average Bonchev–Trinajstić information content (AvgIpc) is 2.27. The van der Waals surface area contributed by atoms with E-state index in [0.29, 0.717) is 16.7 Å². The van der Waals surface area contributed by atoms with Crippen molar-refractivity contribution < 1.29 is 19.8 Å². The Labute approximate surface area is 107 Å². The monoisotopic (exact) mass is 300 g/mol. The number of hydrogen-bond donors (Lipinski definition) is 2. The van der Waals surface area contributed by atoms with Gasteiger partial charge in [0.1, 0.15) is 5.78 Å². The Morgan fingerprint density at radius 1 is 1.41 bits per heavy atom. The van der Waals surface area contributed by atoms with Crippen molar-refractivity contribution in [2.45, 2.75) is 24.8 Å². The minimum absolute atomic E-state index is 0.0895. The number of benzene rings is 1. The Bertz CT molecular complexity index is 442. The summed E-state index contributed by atoms with van der Waals surface area (Å²) in [6.45, 7) is 1.28. The number of rotatable bonds is 5. The van der Waals surface area contributed by atoms with E-state index in [9.17, 15) is 9.59 Å². The molecule has 17 heavy (non-hydrogen) atoms. The van der Waals surface area contributed by atoms with Crippen molar-refractivity contribution in [3.63, 3.8) is 0 Å². The number of carbonyl (C=O) groups is 2. The maximum absolute atomic E-state index is 11.3. The molecule has 0 bridgehead atoms. The normalized spacial score (nSPS) is 12.2. The number of ketones is 1. The van der Waals surface area contributed by atoms with Gasteiger partial charge in [0.2, 0.25) is 0 Å². The maximum atomic E-state index is 11.3. The lowest BCUT2D eigenvalue weighted by atomic mass is 9.98. The highest BCUT2D eigenvalue weighted by molar-refractivity contribution is 9.09. The van der Waals surface area contributed by atoms with Crippen LogP contribution in [0.25, 0.3) is 0 Å². The van der Waals surface area contributed by atoms with E-state index >= 15 is 0 Å². The van der Waals surface area contributed by atoms with Gasteiger partial charge in [0.15, 0.2) is 0 Å². The van der Waals surface area contributed by atoms with Crippen molar-refractivity contribution >= 4 is 27.7 Å². The first-order valence-corrected chi connectivity index (χ1v) is 5.96. The average molecular weight is 301 g/mol. The first-order valence-electron chi connectivity index (χ1n) is 5.04. The van der Waals surface area contributed by atoms with Gasteiger partial charge in [-0.3, -0.25) is 9.59 Å². The molecule has 1 aromatic rings. The third-order valence-corrected chi connectivity index (χ3v) is 3.50.